The van der Waals surface area contributed by atoms with Crippen molar-refractivity contribution in [1.29, 1.82) is 0 Å². The van der Waals surface area contributed by atoms with Gasteiger partial charge in [0.1, 0.15) is 17.6 Å². The molecule has 1 N–H and O–H groups in total. The number of carbonyl (C=O) groups excluding carboxylic acids is 2. The molecule has 0 aliphatic carbocycles. The van der Waals surface area contributed by atoms with E-state index in [-0.39, 0.29) is 23.9 Å². The molecule has 0 radical (unpaired) electrons. The summed E-state index contributed by atoms with van der Waals surface area (Å²) in [5, 5.41) is 3.49. The van der Waals surface area contributed by atoms with Gasteiger partial charge in [-0.2, -0.15) is 0 Å². The molecule has 8 nitrogen and oxygen atoms in total. The van der Waals surface area contributed by atoms with Gasteiger partial charge in [0.2, 0.25) is 11.5 Å². The van der Waals surface area contributed by atoms with Gasteiger partial charge in [0.15, 0.2) is 0 Å². The van der Waals surface area contributed by atoms with Crippen molar-refractivity contribution in [3.63, 3.8) is 0 Å². The molecule has 2 aromatic carbocycles. The van der Waals surface area contributed by atoms with Gasteiger partial charge in [-0.3, -0.25) is 19.0 Å². The number of anilines is 1. The summed E-state index contributed by atoms with van der Waals surface area (Å²) in [6, 6.07) is 13.9. The van der Waals surface area contributed by atoms with Gasteiger partial charge in [-0.25, -0.2) is 4.98 Å². The van der Waals surface area contributed by atoms with E-state index in [1.54, 1.807) is 35.2 Å². The highest BCUT2D eigenvalue weighted by Crippen LogP contribution is 2.24. The van der Waals surface area contributed by atoms with E-state index in [2.05, 4.69) is 10.3 Å². The molecule has 2 heterocycles. The molecule has 0 saturated carbocycles. The van der Waals surface area contributed by atoms with E-state index in [4.69, 9.17) is 4.42 Å². The summed E-state index contributed by atoms with van der Waals surface area (Å²) in [6.45, 7) is 4.91. The molecular formula is C23H22N4O4. The molecule has 0 saturated heterocycles. The number of nitrogens with zero attached hydrogens (tertiary/aromatic N) is 3. The summed E-state index contributed by atoms with van der Waals surface area (Å²) in [5.41, 5.74) is 1.84. The van der Waals surface area contributed by atoms with E-state index < -0.39 is 5.56 Å². The van der Waals surface area contributed by atoms with Crippen LogP contribution in [0.3, 0.4) is 0 Å². The number of furan rings is 1. The van der Waals surface area contributed by atoms with Crippen LogP contribution in [0.15, 0.2) is 64.1 Å². The van der Waals surface area contributed by atoms with E-state index in [0.29, 0.717) is 35.4 Å². The van der Waals surface area contributed by atoms with Crippen LogP contribution in [-0.2, 0) is 11.3 Å². The van der Waals surface area contributed by atoms with Crippen molar-refractivity contribution in [3.05, 3.63) is 70.8 Å². The van der Waals surface area contributed by atoms with Crippen molar-refractivity contribution >= 4 is 39.6 Å². The van der Waals surface area contributed by atoms with Crippen LogP contribution in [0.1, 0.15) is 24.2 Å². The Bertz CT molecular complexity index is 1320. The highest BCUT2D eigenvalue weighted by Gasteiger charge is 2.15. The van der Waals surface area contributed by atoms with E-state index in [0.717, 1.165) is 5.39 Å². The molecule has 158 valence electrons. The minimum Gasteiger partial charge on any atom is -0.448 e. The average Bonchev–Trinajstić information content (AvgIpc) is 3.16. The first kappa shape index (κ1) is 20.3. The molecule has 0 spiro atoms. The molecule has 0 aliphatic rings. The van der Waals surface area contributed by atoms with Gasteiger partial charge < -0.3 is 14.6 Å². The second kappa shape index (κ2) is 8.43. The first-order valence-corrected chi connectivity index (χ1v) is 10.1. The zero-order chi connectivity index (χ0) is 22.0. The third kappa shape index (κ3) is 3.92. The number of amides is 2. The van der Waals surface area contributed by atoms with Crippen LogP contribution in [0.4, 0.5) is 5.69 Å². The standard InChI is InChI=1S/C23H22N4O4/c1-3-26(4-2)22(29)15-9-11-16(12-10-15)25-19(28)13-27-14-24-20-17-7-5-6-8-18(17)31-21(20)23(27)30/h5-12,14H,3-4,13H2,1-2H3,(H,25,28). The fraction of sp³-hybridized carbons (Fsp3) is 0.217. The number of aromatic nitrogens is 2. The van der Waals surface area contributed by atoms with Crippen molar-refractivity contribution in [3.8, 4) is 0 Å². The van der Waals surface area contributed by atoms with E-state index in [1.165, 1.54) is 10.9 Å². The van der Waals surface area contributed by atoms with Crippen LogP contribution < -0.4 is 10.9 Å². The summed E-state index contributed by atoms with van der Waals surface area (Å²) in [4.78, 5) is 43.6. The first-order valence-electron chi connectivity index (χ1n) is 10.1. The lowest BCUT2D eigenvalue weighted by Gasteiger charge is -2.18. The number of hydrogen-bond donors (Lipinski definition) is 1. The molecule has 0 fully saturated rings. The maximum Gasteiger partial charge on any atom is 0.297 e. The molecule has 2 amide bonds. The predicted octanol–water partition coefficient (Wildman–Crippen LogP) is 3.26. The Morgan fingerprint density at radius 2 is 1.77 bits per heavy atom. The van der Waals surface area contributed by atoms with Crippen molar-refractivity contribution in [2.45, 2.75) is 20.4 Å². The Morgan fingerprint density at radius 1 is 1.06 bits per heavy atom. The molecule has 0 unspecified atom stereocenters. The summed E-state index contributed by atoms with van der Waals surface area (Å²) in [5.74, 6) is -0.443. The lowest BCUT2D eigenvalue weighted by molar-refractivity contribution is -0.116. The maximum absolute atomic E-state index is 12.7. The predicted molar refractivity (Wildman–Crippen MR) is 118 cm³/mol. The van der Waals surface area contributed by atoms with Crippen LogP contribution >= 0.6 is 0 Å². The van der Waals surface area contributed by atoms with Crippen molar-refractivity contribution < 1.29 is 14.0 Å². The lowest BCUT2D eigenvalue weighted by atomic mass is 10.1. The average molecular weight is 418 g/mol. The van der Waals surface area contributed by atoms with Crippen molar-refractivity contribution in [2.24, 2.45) is 0 Å². The molecule has 8 heteroatoms. The molecular weight excluding hydrogens is 396 g/mol. The molecule has 4 rings (SSSR count). The van der Waals surface area contributed by atoms with Gasteiger partial charge >= 0.3 is 0 Å². The third-order valence-corrected chi connectivity index (χ3v) is 5.13. The second-order valence-corrected chi connectivity index (χ2v) is 7.06. The van der Waals surface area contributed by atoms with Crippen LogP contribution in [-0.4, -0.2) is 39.4 Å². The van der Waals surface area contributed by atoms with Crippen molar-refractivity contribution in [1.82, 2.24) is 14.5 Å². The van der Waals surface area contributed by atoms with Crippen LogP contribution in [0.2, 0.25) is 0 Å². The van der Waals surface area contributed by atoms with Gasteiger partial charge in [-0.05, 0) is 50.2 Å². The summed E-state index contributed by atoms with van der Waals surface area (Å²) in [7, 11) is 0. The largest absolute Gasteiger partial charge is 0.448 e. The topological polar surface area (TPSA) is 97.4 Å². The summed E-state index contributed by atoms with van der Waals surface area (Å²) < 4.78 is 6.84. The maximum atomic E-state index is 12.7. The Kier molecular flexibility index (Phi) is 5.53. The highest BCUT2D eigenvalue weighted by molar-refractivity contribution is 6.02. The number of carbonyl (C=O) groups is 2. The van der Waals surface area contributed by atoms with E-state index in [1.807, 2.05) is 32.0 Å². The zero-order valence-corrected chi connectivity index (χ0v) is 17.3. The van der Waals surface area contributed by atoms with Crippen LogP contribution in [0, 0.1) is 0 Å². The monoisotopic (exact) mass is 418 g/mol. The fourth-order valence-corrected chi connectivity index (χ4v) is 3.47. The normalized spacial score (nSPS) is 11.0. The summed E-state index contributed by atoms with van der Waals surface area (Å²) >= 11 is 0. The number of benzene rings is 2. The molecule has 31 heavy (non-hydrogen) atoms. The Hall–Kier alpha value is -3.94. The molecule has 0 atom stereocenters. The Morgan fingerprint density at radius 3 is 2.48 bits per heavy atom. The number of fused-ring (bicyclic) bond motifs is 3. The minimum absolute atomic E-state index is 0.0559. The Balaban J connectivity index is 1.49. The van der Waals surface area contributed by atoms with Crippen molar-refractivity contribution in [2.75, 3.05) is 18.4 Å². The molecule has 2 aromatic heterocycles. The lowest BCUT2D eigenvalue weighted by Crippen LogP contribution is -2.30. The van der Waals surface area contributed by atoms with E-state index in [9.17, 15) is 14.4 Å². The quantitative estimate of drug-likeness (QED) is 0.518. The smallest absolute Gasteiger partial charge is 0.297 e. The van der Waals surface area contributed by atoms with Gasteiger partial charge in [-0.15, -0.1) is 0 Å². The first-order chi connectivity index (χ1) is 15.0. The van der Waals surface area contributed by atoms with Crippen LogP contribution in [0.5, 0.6) is 0 Å². The number of para-hydroxylation sites is 1. The SMILES string of the molecule is CCN(CC)C(=O)c1ccc(NC(=O)Cn2cnc3c(oc4ccccc43)c2=O)cc1. The summed E-state index contributed by atoms with van der Waals surface area (Å²) in [6.07, 6.45) is 1.35. The second-order valence-electron chi connectivity index (χ2n) is 7.06. The fourth-order valence-electron chi connectivity index (χ4n) is 3.47. The van der Waals surface area contributed by atoms with Gasteiger partial charge in [-0.1, -0.05) is 12.1 Å². The Labute approximate surface area is 178 Å². The minimum atomic E-state index is -0.420. The van der Waals surface area contributed by atoms with Gasteiger partial charge in [0.05, 0.1) is 6.33 Å². The van der Waals surface area contributed by atoms with Crippen LogP contribution in [0.25, 0.3) is 22.1 Å². The number of rotatable bonds is 6. The zero-order valence-electron chi connectivity index (χ0n) is 17.3. The number of nitrogens with one attached hydrogen (secondary N) is 1. The van der Waals surface area contributed by atoms with Gasteiger partial charge in [0.25, 0.3) is 11.5 Å². The number of hydrogen-bond acceptors (Lipinski definition) is 5. The molecule has 4 aromatic rings. The third-order valence-electron chi connectivity index (χ3n) is 5.13. The van der Waals surface area contributed by atoms with E-state index >= 15 is 0 Å². The molecule has 0 bridgehead atoms. The highest BCUT2D eigenvalue weighted by atomic mass is 16.3. The van der Waals surface area contributed by atoms with Gasteiger partial charge in [0, 0.05) is 29.7 Å². The molecule has 0 aliphatic heterocycles.